The van der Waals surface area contributed by atoms with Crippen molar-refractivity contribution in [2.45, 2.75) is 75.6 Å². The van der Waals surface area contributed by atoms with Gasteiger partial charge in [0, 0.05) is 24.5 Å². The summed E-state index contributed by atoms with van der Waals surface area (Å²) in [5.41, 5.74) is 0.0841. The van der Waals surface area contributed by atoms with Crippen LogP contribution in [0.25, 0.3) is 0 Å². The number of halogens is 2. The second kappa shape index (κ2) is 13.2. The van der Waals surface area contributed by atoms with Gasteiger partial charge in [0.1, 0.15) is 11.6 Å². The summed E-state index contributed by atoms with van der Waals surface area (Å²) in [5, 5.41) is 11.0. The quantitative estimate of drug-likeness (QED) is 0.243. The molecule has 3 fully saturated rings. The summed E-state index contributed by atoms with van der Waals surface area (Å²) in [5.74, 6) is -2.35. The molecule has 10 heteroatoms. The fraction of sp³-hybridized carbons (Fsp3) is 0.594. The van der Waals surface area contributed by atoms with E-state index >= 15 is 0 Å². The van der Waals surface area contributed by atoms with Crippen LogP contribution < -0.4 is 4.90 Å². The van der Waals surface area contributed by atoms with Crippen molar-refractivity contribution in [2.75, 3.05) is 31.1 Å². The average molecular weight is 665 g/mol. The zero-order valence-corrected chi connectivity index (χ0v) is 27.3. The Morgan fingerprint density at radius 2 is 1.95 bits per heavy atom. The number of alkyl halides is 1. The summed E-state index contributed by atoms with van der Waals surface area (Å²) in [6, 6.07) is 3.73. The summed E-state index contributed by atoms with van der Waals surface area (Å²) >= 11 is 10.4. The van der Waals surface area contributed by atoms with Crippen molar-refractivity contribution in [2.24, 2.45) is 17.8 Å². The number of aliphatic hydroxyl groups is 1. The van der Waals surface area contributed by atoms with Crippen LogP contribution in [0.5, 0.6) is 0 Å². The van der Waals surface area contributed by atoms with Crippen molar-refractivity contribution in [3.63, 3.8) is 0 Å². The highest BCUT2D eigenvalue weighted by atomic mass is 79.9. The van der Waals surface area contributed by atoms with E-state index in [0.717, 1.165) is 12.0 Å². The summed E-state index contributed by atoms with van der Waals surface area (Å²) < 4.78 is 6.72. The second-order valence-electron chi connectivity index (χ2n) is 12.1. The molecule has 1 N–H and O–H groups in total. The second-order valence-corrected chi connectivity index (χ2v) is 13.7. The maximum absolute atomic E-state index is 14.9. The van der Waals surface area contributed by atoms with E-state index in [-0.39, 0.29) is 41.6 Å². The van der Waals surface area contributed by atoms with E-state index in [1.54, 1.807) is 28.0 Å². The molecule has 3 aliphatic rings. The number of carbonyl (C=O) groups is 3. The van der Waals surface area contributed by atoms with Crippen LogP contribution in [0.2, 0.25) is 5.02 Å². The monoisotopic (exact) mass is 663 g/mol. The maximum atomic E-state index is 14.9. The fourth-order valence-corrected chi connectivity index (χ4v) is 8.57. The number of hydrogen-bond donors (Lipinski definition) is 1. The van der Waals surface area contributed by atoms with Crippen LogP contribution in [0.4, 0.5) is 5.69 Å². The Hall–Kier alpha value is -2.20. The minimum Gasteiger partial charge on any atom is -0.394 e. The molecule has 8 nitrogen and oxygen atoms in total. The normalized spacial score (nSPS) is 28.6. The predicted octanol–water partition coefficient (Wildman–Crippen LogP) is 4.75. The number of fused-ring (bicyclic) bond motifs is 1. The molecule has 0 aliphatic carbocycles. The molecule has 0 saturated carbocycles. The molecule has 1 aromatic carbocycles. The summed E-state index contributed by atoms with van der Waals surface area (Å²) in [7, 11) is 0. The summed E-state index contributed by atoms with van der Waals surface area (Å²) in [4.78, 5) is 48.2. The van der Waals surface area contributed by atoms with Crippen LogP contribution in [-0.2, 0) is 19.1 Å². The lowest BCUT2D eigenvalue weighted by Crippen LogP contribution is -2.59. The van der Waals surface area contributed by atoms with E-state index in [4.69, 9.17) is 16.3 Å². The number of amides is 3. The van der Waals surface area contributed by atoms with Gasteiger partial charge in [0.25, 0.3) is 5.91 Å². The van der Waals surface area contributed by atoms with Gasteiger partial charge in [-0.2, -0.15) is 0 Å². The molecule has 4 rings (SSSR count). The molecule has 3 aliphatic heterocycles. The first-order valence-corrected chi connectivity index (χ1v) is 16.1. The van der Waals surface area contributed by atoms with Crippen molar-refractivity contribution >= 4 is 50.9 Å². The highest BCUT2D eigenvalue weighted by Crippen LogP contribution is 2.61. The number of likely N-dealkylation sites (tertiary alicyclic amines) is 1. The molecule has 2 bridgehead atoms. The minimum absolute atomic E-state index is 0.143. The third-order valence-corrected chi connectivity index (χ3v) is 9.93. The first-order chi connectivity index (χ1) is 20.0. The van der Waals surface area contributed by atoms with E-state index in [9.17, 15) is 19.5 Å². The van der Waals surface area contributed by atoms with Crippen LogP contribution in [0, 0.1) is 24.7 Å². The topological polar surface area (TPSA) is 90.4 Å². The molecule has 3 amide bonds. The zero-order valence-electron chi connectivity index (χ0n) is 25.0. The highest BCUT2D eigenvalue weighted by Gasteiger charge is 2.77. The standard InChI is InChI=1S/C32H43BrClN3O5/c1-7-13-35(14-8-2)29(39)24-25-30(40)37(21(18-38)16-19(4)5)28(32(25)17-22(33)27(24)42-32)31(41)36(15-9-3)26-20(6)11-10-12-23(26)34/h7,9-12,19,21-22,24-25,27-28,38H,1,3,8,13-18H2,2,4-6H3/t21-,22?,24-,25+,27-,28?,32?/m1/s1. The number of aryl methyl sites for hydroxylation is 1. The van der Waals surface area contributed by atoms with Crippen LogP contribution >= 0.6 is 27.5 Å². The summed E-state index contributed by atoms with van der Waals surface area (Å²) in [6.45, 7) is 16.3. The van der Waals surface area contributed by atoms with Gasteiger partial charge in [-0.05, 0) is 43.7 Å². The highest BCUT2D eigenvalue weighted by molar-refractivity contribution is 9.09. The largest absolute Gasteiger partial charge is 0.394 e. The smallest absolute Gasteiger partial charge is 0.253 e. The molecule has 3 unspecified atom stereocenters. The lowest BCUT2D eigenvalue weighted by Gasteiger charge is -2.40. The van der Waals surface area contributed by atoms with Crippen molar-refractivity contribution in [3.8, 4) is 0 Å². The van der Waals surface area contributed by atoms with Gasteiger partial charge in [0.05, 0.1) is 41.3 Å². The molecule has 0 radical (unpaired) electrons. The molecule has 3 heterocycles. The lowest BCUT2D eigenvalue weighted by molar-refractivity contribution is -0.147. The first-order valence-electron chi connectivity index (χ1n) is 14.8. The Morgan fingerprint density at radius 3 is 2.52 bits per heavy atom. The summed E-state index contributed by atoms with van der Waals surface area (Å²) in [6.07, 6.45) is 4.35. The van der Waals surface area contributed by atoms with E-state index in [2.05, 4.69) is 29.1 Å². The Morgan fingerprint density at radius 1 is 1.26 bits per heavy atom. The molecular weight excluding hydrogens is 622 g/mol. The van der Waals surface area contributed by atoms with Gasteiger partial charge in [-0.1, -0.05) is 72.6 Å². The third kappa shape index (κ3) is 5.46. The van der Waals surface area contributed by atoms with Crippen LogP contribution in [0.3, 0.4) is 0 Å². The van der Waals surface area contributed by atoms with Gasteiger partial charge >= 0.3 is 0 Å². The Kier molecular flexibility index (Phi) is 10.3. The average Bonchev–Trinajstić information content (AvgIpc) is 3.53. The molecule has 0 aromatic heterocycles. The van der Waals surface area contributed by atoms with Gasteiger partial charge in [0.2, 0.25) is 11.8 Å². The number of ether oxygens (including phenoxy) is 1. The number of aliphatic hydroxyl groups excluding tert-OH is 1. The minimum atomic E-state index is -1.25. The molecule has 1 spiro atoms. The fourth-order valence-electron chi connectivity index (χ4n) is 7.30. The Bertz CT molecular complexity index is 1210. The van der Waals surface area contributed by atoms with E-state index in [1.165, 1.54) is 4.90 Å². The van der Waals surface area contributed by atoms with Gasteiger partial charge in [-0.15, -0.1) is 13.2 Å². The third-order valence-electron chi connectivity index (χ3n) is 8.78. The zero-order chi connectivity index (χ0) is 30.9. The first kappa shape index (κ1) is 32.7. The van der Waals surface area contributed by atoms with E-state index in [0.29, 0.717) is 36.6 Å². The number of rotatable bonds is 13. The lowest BCUT2D eigenvalue weighted by atomic mass is 9.70. The number of hydrogen-bond acceptors (Lipinski definition) is 5. The number of anilines is 1. The van der Waals surface area contributed by atoms with Crippen LogP contribution in [0.1, 0.15) is 45.6 Å². The molecule has 42 heavy (non-hydrogen) atoms. The van der Waals surface area contributed by atoms with Crippen molar-refractivity contribution in [1.29, 1.82) is 0 Å². The van der Waals surface area contributed by atoms with Gasteiger partial charge < -0.3 is 24.5 Å². The van der Waals surface area contributed by atoms with E-state index < -0.39 is 35.6 Å². The number of nitrogens with zero attached hydrogens (tertiary/aromatic N) is 3. The van der Waals surface area contributed by atoms with Gasteiger partial charge in [0.15, 0.2) is 0 Å². The van der Waals surface area contributed by atoms with Crippen LogP contribution in [-0.4, -0.2) is 87.5 Å². The van der Waals surface area contributed by atoms with Gasteiger partial charge in [-0.25, -0.2) is 0 Å². The van der Waals surface area contributed by atoms with Crippen molar-refractivity contribution < 1.29 is 24.2 Å². The van der Waals surface area contributed by atoms with Crippen molar-refractivity contribution in [1.82, 2.24) is 9.80 Å². The Labute approximate surface area is 262 Å². The SMILES string of the molecule is C=CCN(CCC)C(=O)[C@H]1[C@@H]2OC3(CC2Br)C(C(=O)N(CC=C)c2c(C)cccc2Cl)N([C@@H](CO)CC(C)C)C(=O)[C@H]13. The predicted molar refractivity (Wildman–Crippen MR) is 169 cm³/mol. The maximum Gasteiger partial charge on any atom is 0.253 e. The molecule has 7 atom stereocenters. The molecule has 3 saturated heterocycles. The van der Waals surface area contributed by atoms with Crippen molar-refractivity contribution in [3.05, 3.63) is 54.1 Å². The molecule has 1 aromatic rings. The molecular formula is C32H43BrClN3O5. The van der Waals surface area contributed by atoms with Crippen LogP contribution in [0.15, 0.2) is 43.5 Å². The number of carbonyl (C=O) groups excluding carboxylic acids is 3. The molecule has 230 valence electrons. The Balaban J connectivity index is 1.88. The number of benzene rings is 1. The number of para-hydroxylation sites is 1. The van der Waals surface area contributed by atoms with E-state index in [1.807, 2.05) is 39.8 Å². The van der Waals surface area contributed by atoms with Gasteiger partial charge in [-0.3, -0.25) is 14.4 Å².